The Labute approximate surface area is 110 Å². The van der Waals surface area contributed by atoms with Gasteiger partial charge in [-0.15, -0.1) is 11.8 Å². The third kappa shape index (κ3) is 2.86. The van der Waals surface area contributed by atoms with Gasteiger partial charge in [-0.2, -0.15) is 11.8 Å². The summed E-state index contributed by atoms with van der Waals surface area (Å²) in [5.74, 6) is 1.59. The summed E-state index contributed by atoms with van der Waals surface area (Å²) in [6.45, 7) is 3.93. The van der Waals surface area contributed by atoms with Gasteiger partial charge in [0.25, 0.3) is 0 Å². The number of hydrogen-bond acceptors (Lipinski definition) is 3. The van der Waals surface area contributed by atoms with Gasteiger partial charge in [0.2, 0.25) is 0 Å². The molecule has 1 nitrogen and oxygen atoms in total. The topological polar surface area (TPSA) is 17.1 Å². The summed E-state index contributed by atoms with van der Waals surface area (Å²) in [5, 5.41) is 0.159. The maximum atomic E-state index is 13.7. The van der Waals surface area contributed by atoms with Crippen LogP contribution in [0, 0.1) is 12.7 Å². The van der Waals surface area contributed by atoms with E-state index in [0.717, 1.165) is 17.1 Å². The lowest BCUT2D eigenvalue weighted by molar-refractivity contribution is 0.0985. The van der Waals surface area contributed by atoms with E-state index >= 15 is 0 Å². The van der Waals surface area contributed by atoms with Crippen molar-refractivity contribution < 1.29 is 9.18 Å². The summed E-state index contributed by atoms with van der Waals surface area (Å²) in [7, 11) is 0. The monoisotopic (exact) mass is 270 g/mol. The second-order valence-corrected chi connectivity index (χ2v) is 6.95. The van der Waals surface area contributed by atoms with Crippen LogP contribution in [0.2, 0.25) is 0 Å². The molecule has 1 aliphatic heterocycles. The van der Waals surface area contributed by atoms with Gasteiger partial charge in [0.1, 0.15) is 5.82 Å². The van der Waals surface area contributed by atoms with Crippen molar-refractivity contribution in [3.63, 3.8) is 0 Å². The summed E-state index contributed by atoms with van der Waals surface area (Å²) < 4.78 is 13.7. The minimum absolute atomic E-state index is 0.0594. The lowest BCUT2D eigenvalue weighted by Gasteiger charge is -2.26. The molecule has 17 heavy (non-hydrogen) atoms. The number of Topliss-reactive ketones (excluding diaryl/α,β-unsaturated/α-hetero) is 1. The molecule has 1 aromatic carbocycles. The van der Waals surface area contributed by atoms with Gasteiger partial charge in [-0.25, -0.2) is 4.39 Å². The number of hydrogen-bond donors (Lipinski definition) is 0. The number of thioether (sulfide) groups is 2. The molecule has 0 saturated carbocycles. The molecule has 0 radical (unpaired) electrons. The number of halogens is 1. The molecule has 0 aliphatic carbocycles. The fourth-order valence-corrected chi connectivity index (χ4v) is 4.62. The predicted molar refractivity (Wildman–Crippen MR) is 73.6 cm³/mol. The van der Waals surface area contributed by atoms with Crippen LogP contribution in [0.25, 0.3) is 0 Å². The summed E-state index contributed by atoms with van der Waals surface area (Å²) >= 11 is 3.45. The zero-order valence-corrected chi connectivity index (χ0v) is 11.5. The summed E-state index contributed by atoms with van der Waals surface area (Å²) in [6.07, 6.45) is 0. The first kappa shape index (κ1) is 13.0. The standard InChI is InChI=1S/C13H15FOS2/c1-8-3-4-11(14)10(7-8)12(15)13-9(2)16-5-6-17-13/h3-4,7,9,13H,5-6H2,1-2H3. The quantitative estimate of drug-likeness (QED) is 0.765. The number of carbonyl (C=O) groups excluding carboxylic acids is 1. The Morgan fingerprint density at radius 2 is 2.06 bits per heavy atom. The van der Waals surface area contributed by atoms with E-state index in [1.54, 1.807) is 35.7 Å². The van der Waals surface area contributed by atoms with E-state index in [0.29, 0.717) is 0 Å². The first-order chi connectivity index (χ1) is 8.09. The average molecular weight is 270 g/mol. The molecule has 0 amide bonds. The third-order valence-electron chi connectivity index (χ3n) is 2.83. The summed E-state index contributed by atoms with van der Waals surface area (Å²) in [4.78, 5) is 12.3. The van der Waals surface area contributed by atoms with Crippen molar-refractivity contribution >= 4 is 29.3 Å². The van der Waals surface area contributed by atoms with Crippen LogP contribution < -0.4 is 0 Å². The molecule has 1 heterocycles. The molecule has 0 aromatic heterocycles. The van der Waals surface area contributed by atoms with Crippen LogP contribution in [0.1, 0.15) is 22.8 Å². The van der Waals surface area contributed by atoms with Crippen molar-refractivity contribution in [2.24, 2.45) is 0 Å². The van der Waals surface area contributed by atoms with Gasteiger partial charge in [-0.1, -0.05) is 18.6 Å². The highest BCUT2D eigenvalue weighted by Crippen LogP contribution is 2.33. The predicted octanol–water partition coefficient (Wildman–Crippen LogP) is 3.55. The Hall–Kier alpha value is -0.480. The molecule has 2 atom stereocenters. The minimum Gasteiger partial charge on any atom is -0.293 e. The van der Waals surface area contributed by atoms with Crippen molar-refractivity contribution in [2.75, 3.05) is 11.5 Å². The fraction of sp³-hybridized carbons (Fsp3) is 0.462. The minimum atomic E-state index is -0.399. The maximum absolute atomic E-state index is 13.7. The molecular formula is C13H15FOS2. The molecule has 0 N–H and O–H groups in total. The Morgan fingerprint density at radius 3 is 2.76 bits per heavy atom. The van der Waals surface area contributed by atoms with Gasteiger partial charge in [-0.05, 0) is 19.1 Å². The van der Waals surface area contributed by atoms with Crippen LogP contribution in [0.5, 0.6) is 0 Å². The van der Waals surface area contributed by atoms with E-state index in [1.165, 1.54) is 6.07 Å². The highest BCUT2D eigenvalue weighted by Gasteiger charge is 2.31. The molecule has 2 rings (SSSR count). The Kier molecular flexibility index (Phi) is 4.15. The zero-order chi connectivity index (χ0) is 12.4. The van der Waals surface area contributed by atoms with Crippen LogP contribution in [0.3, 0.4) is 0 Å². The van der Waals surface area contributed by atoms with E-state index in [-0.39, 0.29) is 21.8 Å². The van der Waals surface area contributed by atoms with Gasteiger partial charge >= 0.3 is 0 Å². The summed E-state index contributed by atoms with van der Waals surface area (Å²) in [5.41, 5.74) is 1.17. The van der Waals surface area contributed by atoms with Crippen molar-refractivity contribution in [2.45, 2.75) is 24.3 Å². The number of carbonyl (C=O) groups is 1. The Balaban J connectivity index is 2.26. The second-order valence-electron chi connectivity index (χ2n) is 4.21. The third-order valence-corrected chi connectivity index (χ3v) is 5.92. The van der Waals surface area contributed by atoms with Crippen LogP contribution in [0.4, 0.5) is 4.39 Å². The van der Waals surface area contributed by atoms with E-state index in [1.807, 2.05) is 13.8 Å². The Bertz CT molecular complexity index is 433. The van der Waals surface area contributed by atoms with Crippen molar-refractivity contribution in [1.82, 2.24) is 0 Å². The maximum Gasteiger partial charge on any atom is 0.179 e. The Morgan fingerprint density at radius 1 is 1.35 bits per heavy atom. The highest BCUT2D eigenvalue weighted by atomic mass is 32.2. The van der Waals surface area contributed by atoms with Gasteiger partial charge in [0.05, 0.1) is 10.8 Å². The summed E-state index contributed by atoms with van der Waals surface area (Å²) in [6, 6.07) is 4.73. The van der Waals surface area contributed by atoms with Crippen LogP contribution in [-0.4, -0.2) is 27.8 Å². The lowest BCUT2D eigenvalue weighted by atomic mass is 10.0. The normalized spacial score (nSPS) is 24.6. The van der Waals surface area contributed by atoms with Crippen molar-refractivity contribution in [3.05, 3.63) is 35.1 Å². The molecule has 92 valence electrons. The molecule has 1 aromatic rings. The first-order valence-electron chi connectivity index (χ1n) is 5.63. The molecule has 1 aliphatic rings. The molecule has 4 heteroatoms. The fourth-order valence-electron chi connectivity index (χ4n) is 1.90. The highest BCUT2D eigenvalue weighted by molar-refractivity contribution is 8.07. The van der Waals surface area contributed by atoms with Crippen LogP contribution in [0.15, 0.2) is 18.2 Å². The number of aryl methyl sites for hydroxylation is 1. The molecule has 0 bridgehead atoms. The molecule has 0 spiro atoms. The van der Waals surface area contributed by atoms with Crippen molar-refractivity contribution in [1.29, 1.82) is 0 Å². The van der Waals surface area contributed by atoms with E-state index < -0.39 is 5.82 Å². The number of benzene rings is 1. The number of ketones is 1. The first-order valence-corrected chi connectivity index (χ1v) is 7.73. The van der Waals surface area contributed by atoms with E-state index in [9.17, 15) is 9.18 Å². The van der Waals surface area contributed by atoms with Crippen LogP contribution >= 0.6 is 23.5 Å². The molecule has 1 fully saturated rings. The van der Waals surface area contributed by atoms with Gasteiger partial charge in [-0.3, -0.25) is 4.79 Å². The average Bonchev–Trinajstić information content (AvgIpc) is 2.32. The van der Waals surface area contributed by atoms with Gasteiger partial charge in [0, 0.05) is 16.8 Å². The zero-order valence-electron chi connectivity index (χ0n) is 9.90. The second kappa shape index (κ2) is 5.44. The number of rotatable bonds is 2. The van der Waals surface area contributed by atoms with Gasteiger partial charge in [0.15, 0.2) is 5.78 Å². The smallest absolute Gasteiger partial charge is 0.179 e. The van der Waals surface area contributed by atoms with Crippen LogP contribution in [-0.2, 0) is 0 Å². The van der Waals surface area contributed by atoms with E-state index in [4.69, 9.17) is 0 Å². The lowest BCUT2D eigenvalue weighted by Crippen LogP contribution is -2.31. The molecule has 1 saturated heterocycles. The molecular weight excluding hydrogens is 255 g/mol. The largest absolute Gasteiger partial charge is 0.293 e. The van der Waals surface area contributed by atoms with Gasteiger partial charge < -0.3 is 0 Å². The SMILES string of the molecule is Cc1ccc(F)c(C(=O)C2SCCSC2C)c1. The van der Waals surface area contributed by atoms with E-state index in [2.05, 4.69) is 0 Å². The van der Waals surface area contributed by atoms with Crippen molar-refractivity contribution in [3.8, 4) is 0 Å². The molecule has 2 unspecified atom stereocenters.